The third kappa shape index (κ3) is 0.672. The first-order valence-corrected chi connectivity index (χ1v) is 4.49. The van der Waals surface area contributed by atoms with E-state index in [1.165, 1.54) is 25.7 Å². The van der Waals surface area contributed by atoms with E-state index >= 15 is 0 Å². The van der Waals surface area contributed by atoms with Crippen molar-refractivity contribution < 1.29 is 0 Å². The van der Waals surface area contributed by atoms with Gasteiger partial charge in [-0.05, 0) is 36.6 Å². The third-order valence-corrected chi connectivity index (χ3v) is 3.82. The van der Waals surface area contributed by atoms with Crippen molar-refractivity contribution in [2.75, 3.05) is 6.54 Å². The molecule has 0 heterocycles. The lowest BCUT2D eigenvalue weighted by Gasteiger charge is -2.13. The highest BCUT2D eigenvalue weighted by Crippen LogP contribution is 2.65. The molecule has 3 atom stereocenters. The van der Waals surface area contributed by atoms with E-state index in [2.05, 4.69) is 6.92 Å². The highest BCUT2D eigenvalue weighted by Gasteiger charge is 2.57. The van der Waals surface area contributed by atoms with E-state index in [9.17, 15) is 0 Å². The van der Waals surface area contributed by atoms with Crippen molar-refractivity contribution in [1.82, 2.24) is 0 Å². The van der Waals surface area contributed by atoms with Crippen LogP contribution in [0.5, 0.6) is 0 Å². The second-order valence-electron chi connectivity index (χ2n) is 4.16. The molecule has 2 rings (SSSR count). The van der Waals surface area contributed by atoms with Crippen LogP contribution in [0.1, 0.15) is 32.6 Å². The van der Waals surface area contributed by atoms with E-state index in [4.69, 9.17) is 5.73 Å². The molecule has 0 radical (unpaired) electrons. The summed E-state index contributed by atoms with van der Waals surface area (Å²) in [5.41, 5.74) is 6.40. The normalized spacial score (nSPS) is 52.2. The van der Waals surface area contributed by atoms with Gasteiger partial charge in [-0.25, -0.2) is 0 Å². The van der Waals surface area contributed by atoms with Gasteiger partial charge in [-0.3, -0.25) is 0 Å². The lowest BCUT2D eigenvalue weighted by molar-refractivity contribution is 0.359. The molecule has 1 nitrogen and oxygen atoms in total. The Bertz CT molecular complexity index is 144. The minimum Gasteiger partial charge on any atom is -0.330 e. The van der Waals surface area contributed by atoms with Crippen LogP contribution in [-0.4, -0.2) is 6.54 Å². The molecular weight excluding hydrogens is 122 g/mol. The quantitative estimate of drug-likeness (QED) is 0.588. The van der Waals surface area contributed by atoms with Crippen LogP contribution in [-0.2, 0) is 0 Å². The molecule has 0 aromatic heterocycles. The monoisotopic (exact) mass is 139 g/mol. The maximum atomic E-state index is 5.65. The first-order chi connectivity index (χ1) is 4.79. The summed E-state index contributed by atoms with van der Waals surface area (Å²) < 4.78 is 0. The van der Waals surface area contributed by atoms with Gasteiger partial charge in [-0.2, -0.15) is 0 Å². The Morgan fingerprint density at radius 3 is 2.80 bits per heavy atom. The first kappa shape index (κ1) is 6.66. The largest absolute Gasteiger partial charge is 0.330 e. The average molecular weight is 139 g/mol. The van der Waals surface area contributed by atoms with Crippen molar-refractivity contribution in [1.29, 1.82) is 0 Å². The molecule has 58 valence electrons. The molecule has 2 aliphatic carbocycles. The fraction of sp³-hybridized carbons (Fsp3) is 1.00. The Balaban J connectivity index is 2.04. The average Bonchev–Trinajstić information content (AvgIpc) is 2.52. The lowest BCUT2D eigenvalue weighted by atomic mass is 9.92. The van der Waals surface area contributed by atoms with Crippen molar-refractivity contribution in [2.24, 2.45) is 23.0 Å². The molecular formula is C9H17N. The Labute approximate surface area is 63.0 Å². The summed E-state index contributed by atoms with van der Waals surface area (Å²) >= 11 is 0. The van der Waals surface area contributed by atoms with Gasteiger partial charge in [0, 0.05) is 0 Å². The summed E-state index contributed by atoms with van der Waals surface area (Å²) in [6.45, 7) is 3.34. The van der Waals surface area contributed by atoms with E-state index in [-0.39, 0.29) is 0 Å². The van der Waals surface area contributed by atoms with E-state index in [0.717, 1.165) is 23.8 Å². The fourth-order valence-corrected chi connectivity index (χ4v) is 2.90. The molecule has 1 spiro atoms. The van der Waals surface area contributed by atoms with Crippen LogP contribution in [0.2, 0.25) is 0 Å². The topological polar surface area (TPSA) is 26.0 Å². The number of hydrogen-bond donors (Lipinski definition) is 1. The predicted octanol–water partition coefficient (Wildman–Crippen LogP) is 1.77. The smallest absolute Gasteiger partial charge is 0.00432 e. The van der Waals surface area contributed by atoms with Crippen LogP contribution in [0, 0.1) is 17.3 Å². The molecule has 2 saturated carbocycles. The van der Waals surface area contributed by atoms with E-state index in [1.807, 2.05) is 0 Å². The molecule has 0 aliphatic heterocycles. The molecule has 0 aromatic rings. The summed E-state index contributed by atoms with van der Waals surface area (Å²) in [7, 11) is 0. The molecule has 1 heteroatoms. The zero-order chi connectivity index (χ0) is 7.19. The van der Waals surface area contributed by atoms with Gasteiger partial charge < -0.3 is 5.73 Å². The summed E-state index contributed by atoms with van der Waals surface area (Å²) in [6, 6.07) is 0. The van der Waals surface area contributed by atoms with Gasteiger partial charge in [0.25, 0.3) is 0 Å². The molecule has 3 unspecified atom stereocenters. The molecule has 2 aliphatic rings. The van der Waals surface area contributed by atoms with Gasteiger partial charge in [-0.1, -0.05) is 19.8 Å². The van der Waals surface area contributed by atoms with E-state index in [0.29, 0.717) is 0 Å². The van der Waals surface area contributed by atoms with Crippen LogP contribution >= 0.6 is 0 Å². The number of hydrogen-bond acceptors (Lipinski definition) is 1. The summed E-state index contributed by atoms with van der Waals surface area (Å²) in [4.78, 5) is 0. The van der Waals surface area contributed by atoms with Gasteiger partial charge in [0.2, 0.25) is 0 Å². The van der Waals surface area contributed by atoms with Gasteiger partial charge in [-0.15, -0.1) is 0 Å². The summed E-state index contributed by atoms with van der Waals surface area (Å²) in [5, 5.41) is 0. The second-order valence-corrected chi connectivity index (χ2v) is 4.16. The van der Waals surface area contributed by atoms with Crippen LogP contribution < -0.4 is 5.73 Å². The van der Waals surface area contributed by atoms with Gasteiger partial charge >= 0.3 is 0 Å². The second kappa shape index (κ2) is 1.97. The number of nitrogens with two attached hydrogens (primary N) is 1. The van der Waals surface area contributed by atoms with Crippen molar-refractivity contribution in [3.63, 3.8) is 0 Å². The molecule has 2 fully saturated rings. The van der Waals surface area contributed by atoms with Crippen LogP contribution in [0.4, 0.5) is 0 Å². The standard InChI is InChI=1S/C9H17N/c1-7-3-2-4-9(7)5-8(9)6-10/h7-8H,2-6,10H2,1H3. The minimum absolute atomic E-state index is 0.745. The molecule has 10 heavy (non-hydrogen) atoms. The van der Waals surface area contributed by atoms with E-state index in [1.54, 1.807) is 0 Å². The maximum Gasteiger partial charge on any atom is -0.00432 e. The van der Waals surface area contributed by atoms with Gasteiger partial charge in [0.15, 0.2) is 0 Å². The molecule has 0 bridgehead atoms. The summed E-state index contributed by atoms with van der Waals surface area (Å²) in [6.07, 6.45) is 5.81. The molecule has 0 aromatic carbocycles. The minimum atomic E-state index is 0.745. The van der Waals surface area contributed by atoms with E-state index < -0.39 is 0 Å². The SMILES string of the molecule is CC1CCCC12CC2CN. The predicted molar refractivity (Wildman–Crippen MR) is 42.6 cm³/mol. The van der Waals surface area contributed by atoms with Gasteiger partial charge in [0.1, 0.15) is 0 Å². The lowest BCUT2D eigenvalue weighted by Crippen LogP contribution is -2.13. The summed E-state index contributed by atoms with van der Waals surface area (Å²) in [5.74, 6) is 1.87. The zero-order valence-electron chi connectivity index (χ0n) is 6.77. The zero-order valence-corrected chi connectivity index (χ0v) is 6.77. The number of rotatable bonds is 1. The van der Waals surface area contributed by atoms with Crippen LogP contribution in [0.25, 0.3) is 0 Å². The Morgan fingerprint density at radius 1 is 1.60 bits per heavy atom. The molecule has 0 saturated heterocycles. The van der Waals surface area contributed by atoms with Crippen molar-refractivity contribution in [3.05, 3.63) is 0 Å². The highest BCUT2D eigenvalue weighted by molar-refractivity contribution is 5.08. The first-order valence-electron chi connectivity index (χ1n) is 4.49. The van der Waals surface area contributed by atoms with Crippen molar-refractivity contribution in [2.45, 2.75) is 32.6 Å². The van der Waals surface area contributed by atoms with Crippen molar-refractivity contribution in [3.8, 4) is 0 Å². The Morgan fingerprint density at radius 2 is 2.40 bits per heavy atom. The molecule has 2 N–H and O–H groups in total. The Kier molecular flexibility index (Phi) is 1.31. The third-order valence-electron chi connectivity index (χ3n) is 3.82. The maximum absolute atomic E-state index is 5.65. The van der Waals surface area contributed by atoms with Crippen LogP contribution in [0.15, 0.2) is 0 Å². The fourth-order valence-electron chi connectivity index (χ4n) is 2.90. The van der Waals surface area contributed by atoms with Gasteiger partial charge in [0.05, 0.1) is 0 Å². The Hall–Kier alpha value is -0.0400. The van der Waals surface area contributed by atoms with Crippen molar-refractivity contribution >= 4 is 0 Å². The molecule has 0 amide bonds. The van der Waals surface area contributed by atoms with Crippen LogP contribution in [0.3, 0.4) is 0 Å². The highest BCUT2D eigenvalue weighted by atomic mass is 14.7.